The number of allylic oxidation sites excluding steroid dienone is 2. The maximum absolute atomic E-state index is 12.0. The van der Waals surface area contributed by atoms with Gasteiger partial charge in [0.25, 0.3) is 0 Å². The largest absolute Gasteiger partial charge is 0.507 e. The lowest BCUT2D eigenvalue weighted by molar-refractivity contribution is -0.0253. The van der Waals surface area contributed by atoms with Crippen LogP contribution in [0.5, 0.6) is 17.2 Å². The quantitative estimate of drug-likeness (QED) is 0.405. The first-order valence-corrected chi connectivity index (χ1v) is 12.3. The van der Waals surface area contributed by atoms with Gasteiger partial charge in [-0.15, -0.1) is 0 Å². The Bertz CT molecular complexity index is 1000. The minimum atomic E-state index is -0.535. The van der Waals surface area contributed by atoms with E-state index in [-0.39, 0.29) is 39.9 Å². The average Bonchev–Trinajstić information content (AvgIpc) is 3.24. The third-order valence-electron chi connectivity index (χ3n) is 8.85. The molecule has 0 aromatic heterocycles. The van der Waals surface area contributed by atoms with Crippen LogP contribution in [0.4, 0.5) is 0 Å². The van der Waals surface area contributed by atoms with Crippen LogP contribution in [-0.2, 0) is 0 Å². The molecule has 1 aromatic rings. The third kappa shape index (κ3) is 3.77. The summed E-state index contributed by atoms with van der Waals surface area (Å²) in [6, 6.07) is 0. The van der Waals surface area contributed by atoms with Gasteiger partial charge in [-0.1, -0.05) is 39.3 Å². The van der Waals surface area contributed by atoms with Gasteiger partial charge in [-0.3, -0.25) is 9.59 Å². The lowest BCUT2D eigenvalue weighted by Gasteiger charge is -2.49. The molecule has 2 aliphatic carbocycles. The van der Waals surface area contributed by atoms with Crippen LogP contribution in [0.25, 0.3) is 0 Å². The Labute approximate surface area is 197 Å². The van der Waals surface area contributed by atoms with E-state index in [2.05, 4.69) is 47.6 Å². The molecule has 0 spiro atoms. The zero-order valence-electron chi connectivity index (χ0n) is 20.8. The summed E-state index contributed by atoms with van der Waals surface area (Å²) in [6.07, 6.45) is 7.96. The van der Waals surface area contributed by atoms with Crippen LogP contribution in [-0.4, -0.2) is 28.4 Å². The summed E-state index contributed by atoms with van der Waals surface area (Å²) in [5.74, 6) is 1.08. The first kappa shape index (κ1) is 23.8. The summed E-state index contributed by atoms with van der Waals surface area (Å²) >= 11 is 0. The van der Waals surface area contributed by atoms with Gasteiger partial charge in [0.1, 0.15) is 22.8 Å². The Balaban J connectivity index is 1.89. The molecule has 180 valence electrons. The smallest absolute Gasteiger partial charge is 0.157 e. The topological polar surface area (TPSA) is 83.8 Å². The predicted molar refractivity (Wildman–Crippen MR) is 128 cm³/mol. The van der Waals surface area contributed by atoms with E-state index in [1.807, 2.05) is 0 Å². The van der Waals surface area contributed by atoms with E-state index >= 15 is 0 Å². The van der Waals surface area contributed by atoms with Crippen LogP contribution in [0, 0.1) is 29.1 Å². The van der Waals surface area contributed by atoms with Gasteiger partial charge in [0, 0.05) is 11.5 Å². The first-order valence-electron chi connectivity index (χ1n) is 12.3. The number of phenols is 2. The fourth-order valence-electron chi connectivity index (χ4n) is 6.79. The van der Waals surface area contributed by atoms with Gasteiger partial charge in [-0.05, 0) is 75.0 Å². The van der Waals surface area contributed by atoms with Crippen LogP contribution in [0.15, 0.2) is 11.6 Å². The number of phenolic OH excluding ortho intramolecular Hbond substituents is 2. The van der Waals surface area contributed by atoms with E-state index in [1.54, 1.807) is 0 Å². The summed E-state index contributed by atoms with van der Waals surface area (Å²) in [5.41, 5.74) is 1.39. The first-order chi connectivity index (χ1) is 15.5. The Morgan fingerprint density at radius 1 is 1.06 bits per heavy atom. The molecule has 1 aliphatic heterocycles. The zero-order valence-corrected chi connectivity index (χ0v) is 20.8. The lowest BCUT2D eigenvalue weighted by Crippen LogP contribution is -2.48. The molecule has 0 saturated heterocycles. The molecule has 5 nitrogen and oxygen atoms in total. The van der Waals surface area contributed by atoms with Crippen molar-refractivity contribution in [2.45, 2.75) is 85.2 Å². The predicted octanol–water partition coefficient (Wildman–Crippen LogP) is 6.41. The van der Waals surface area contributed by atoms with Gasteiger partial charge < -0.3 is 14.9 Å². The van der Waals surface area contributed by atoms with Gasteiger partial charge in [0.2, 0.25) is 0 Å². The van der Waals surface area contributed by atoms with E-state index in [1.165, 1.54) is 5.57 Å². The molecule has 1 heterocycles. The van der Waals surface area contributed by atoms with Gasteiger partial charge in [-0.2, -0.15) is 0 Å². The molecule has 0 radical (unpaired) electrons. The Morgan fingerprint density at radius 2 is 1.73 bits per heavy atom. The Kier molecular flexibility index (Phi) is 5.91. The number of carbonyl (C=O) groups excluding carboxylic acids is 2. The second-order valence-electron chi connectivity index (χ2n) is 11.8. The second-order valence-corrected chi connectivity index (χ2v) is 11.8. The number of hydrogen-bond donors (Lipinski definition) is 2. The summed E-state index contributed by atoms with van der Waals surface area (Å²) < 4.78 is 6.63. The Hall–Kier alpha value is -2.30. The van der Waals surface area contributed by atoms with Gasteiger partial charge >= 0.3 is 0 Å². The fraction of sp³-hybridized carbons (Fsp3) is 0.643. The number of fused-ring (bicyclic) bond motifs is 3. The number of benzene rings is 1. The minimum Gasteiger partial charge on any atom is -0.507 e. The molecule has 5 heteroatoms. The van der Waals surface area contributed by atoms with Crippen LogP contribution >= 0.6 is 0 Å². The molecule has 1 aromatic carbocycles. The van der Waals surface area contributed by atoms with E-state index in [0.717, 1.165) is 32.1 Å². The molecule has 0 bridgehead atoms. The molecule has 0 amide bonds. The van der Waals surface area contributed by atoms with Crippen molar-refractivity contribution in [2.75, 3.05) is 0 Å². The van der Waals surface area contributed by atoms with Crippen molar-refractivity contribution in [1.82, 2.24) is 0 Å². The standard InChI is InChI=1S/C28H38O5/c1-15(2)11-17-20-8-7-16(3)12-22-21(27(22,4)5)9-10-28(20,6)33-26-19(14-30)24(31)18(13-29)25(32)23(17)26/h12-15,17,20-22,31-32H,7-11H2,1-6H3/b16-12-. The summed E-state index contributed by atoms with van der Waals surface area (Å²) in [5, 5.41) is 21.7. The van der Waals surface area contributed by atoms with Crippen LogP contribution in [0.1, 0.15) is 106 Å². The normalized spacial score (nSPS) is 34.1. The van der Waals surface area contributed by atoms with Crippen molar-refractivity contribution < 1.29 is 24.5 Å². The second kappa shape index (κ2) is 8.18. The zero-order chi connectivity index (χ0) is 24.3. The molecule has 2 N–H and O–H groups in total. The van der Waals surface area contributed by atoms with Crippen LogP contribution in [0.2, 0.25) is 0 Å². The molecule has 1 saturated carbocycles. The van der Waals surface area contributed by atoms with Crippen molar-refractivity contribution in [3.05, 3.63) is 28.3 Å². The molecule has 5 atom stereocenters. The highest BCUT2D eigenvalue weighted by Gasteiger charge is 2.57. The molecule has 5 unspecified atom stereocenters. The van der Waals surface area contributed by atoms with E-state index < -0.39 is 11.4 Å². The van der Waals surface area contributed by atoms with Crippen molar-refractivity contribution >= 4 is 12.6 Å². The molecule has 1 fully saturated rings. The van der Waals surface area contributed by atoms with E-state index in [9.17, 15) is 19.8 Å². The van der Waals surface area contributed by atoms with Crippen LogP contribution < -0.4 is 4.74 Å². The molecular weight excluding hydrogens is 416 g/mol. The summed E-state index contributed by atoms with van der Waals surface area (Å²) in [6.45, 7) is 13.3. The summed E-state index contributed by atoms with van der Waals surface area (Å²) in [4.78, 5) is 23.8. The summed E-state index contributed by atoms with van der Waals surface area (Å²) in [7, 11) is 0. The average molecular weight is 455 g/mol. The van der Waals surface area contributed by atoms with Crippen molar-refractivity contribution in [3.8, 4) is 17.2 Å². The monoisotopic (exact) mass is 454 g/mol. The molecule has 4 rings (SSSR count). The van der Waals surface area contributed by atoms with Gasteiger partial charge in [-0.25, -0.2) is 0 Å². The van der Waals surface area contributed by atoms with Crippen LogP contribution in [0.3, 0.4) is 0 Å². The van der Waals surface area contributed by atoms with Gasteiger partial charge in [0.15, 0.2) is 12.6 Å². The number of aromatic hydroxyl groups is 2. The number of aldehydes is 2. The maximum atomic E-state index is 12.0. The number of hydrogen-bond acceptors (Lipinski definition) is 5. The Morgan fingerprint density at radius 3 is 2.33 bits per heavy atom. The van der Waals surface area contributed by atoms with Crippen molar-refractivity contribution in [3.63, 3.8) is 0 Å². The maximum Gasteiger partial charge on any atom is 0.157 e. The highest BCUT2D eigenvalue weighted by molar-refractivity contribution is 5.95. The van der Waals surface area contributed by atoms with Gasteiger partial charge in [0.05, 0.1) is 11.1 Å². The van der Waals surface area contributed by atoms with Crippen molar-refractivity contribution in [2.24, 2.45) is 29.1 Å². The number of carbonyl (C=O) groups is 2. The minimum absolute atomic E-state index is 0.0314. The third-order valence-corrected chi connectivity index (χ3v) is 8.85. The lowest BCUT2D eigenvalue weighted by atomic mass is 9.65. The van der Waals surface area contributed by atoms with E-state index in [4.69, 9.17) is 4.74 Å². The molecular formula is C28H38O5. The highest BCUT2D eigenvalue weighted by Crippen LogP contribution is 2.64. The number of rotatable bonds is 4. The molecule has 3 aliphatic rings. The fourth-order valence-corrected chi connectivity index (χ4v) is 6.79. The molecule has 33 heavy (non-hydrogen) atoms. The highest BCUT2D eigenvalue weighted by atomic mass is 16.5. The van der Waals surface area contributed by atoms with Crippen molar-refractivity contribution in [1.29, 1.82) is 0 Å². The number of ether oxygens (including phenoxy) is 1. The SMILES string of the molecule is C/C1=C/C2C(CCC3(C)Oc4c(C=O)c(O)c(C=O)c(O)c4C(CC(C)C)C3CC1)C2(C)C. The van der Waals surface area contributed by atoms with E-state index in [0.29, 0.717) is 35.9 Å².